The standard InChI is InChI=1S/C10H9FO2/c11-9-5-2-1-4-8(9)10(13)6-3-7-12/h1-2,4-5,10,12-13H,7H2. The third kappa shape index (κ3) is 2.55. The number of aliphatic hydroxyl groups is 2. The van der Waals surface area contributed by atoms with Crippen LogP contribution in [0, 0.1) is 17.7 Å². The molecule has 0 heterocycles. The summed E-state index contributed by atoms with van der Waals surface area (Å²) < 4.78 is 13.0. The second kappa shape index (κ2) is 4.61. The van der Waals surface area contributed by atoms with Crippen LogP contribution in [0.3, 0.4) is 0 Å². The van der Waals surface area contributed by atoms with E-state index in [0.29, 0.717) is 0 Å². The molecule has 1 aromatic rings. The average molecular weight is 180 g/mol. The molecule has 0 aromatic heterocycles. The molecule has 0 aliphatic heterocycles. The van der Waals surface area contributed by atoms with Gasteiger partial charge in [0.05, 0.1) is 0 Å². The zero-order valence-corrected chi connectivity index (χ0v) is 6.87. The van der Waals surface area contributed by atoms with Crippen molar-refractivity contribution in [2.24, 2.45) is 0 Å². The maximum atomic E-state index is 13.0. The van der Waals surface area contributed by atoms with Crippen LogP contribution in [0.1, 0.15) is 11.7 Å². The number of halogens is 1. The number of hydrogen-bond donors (Lipinski definition) is 2. The Bertz CT molecular complexity index is 338. The van der Waals surface area contributed by atoms with Crippen molar-refractivity contribution in [2.45, 2.75) is 6.10 Å². The summed E-state index contributed by atoms with van der Waals surface area (Å²) in [4.78, 5) is 0. The van der Waals surface area contributed by atoms with E-state index in [4.69, 9.17) is 5.11 Å². The van der Waals surface area contributed by atoms with Crippen molar-refractivity contribution in [1.82, 2.24) is 0 Å². The Labute approximate surface area is 75.6 Å². The molecule has 0 amide bonds. The Morgan fingerprint density at radius 3 is 2.69 bits per heavy atom. The molecule has 1 rings (SSSR count). The van der Waals surface area contributed by atoms with Crippen LogP contribution in [0.2, 0.25) is 0 Å². The van der Waals surface area contributed by atoms with Crippen molar-refractivity contribution in [3.63, 3.8) is 0 Å². The van der Waals surface area contributed by atoms with Gasteiger partial charge in [0.1, 0.15) is 18.5 Å². The zero-order chi connectivity index (χ0) is 9.68. The zero-order valence-electron chi connectivity index (χ0n) is 6.87. The minimum atomic E-state index is -1.17. The summed E-state index contributed by atoms with van der Waals surface area (Å²) in [6.07, 6.45) is -1.17. The number of rotatable bonds is 1. The molecule has 0 saturated heterocycles. The normalized spacial score (nSPS) is 11.6. The fourth-order valence-electron chi connectivity index (χ4n) is 0.917. The van der Waals surface area contributed by atoms with Gasteiger partial charge in [-0.15, -0.1) is 0 Å². The second-order valence-corrected chi connectivity index (χ2v) is 2.40. The second-order valence-electron chi connectivity index (χ2n) is 2.40. The Morgan fingerprint density at radius 2 is 2.08 bits per heavy atom. The Kier molecular flexibility index (Phi) is 3.44. The van der Waals surface area contributed by atoms with E-state index in [1.807, 2.05) is 0 Å². The van der Waals surface area contributed by atoms with Crippen LogP contribution in [0.4, 0.5) is 4.39 Å². The van der Waals surface area contributed by atoms with E-state index in [9.17, 15) is 9.50 Å². The summed E-state index contributed by atoms with van der Waals surface area (Å²) in [5.41, 5.74) is 0.128. The SMILES string of the molecule is OCC#CC(O)c1ccccc1F. The monoisotopic (exact) mass is 180 g/mol. The lowest BCUT2D eigenvalue weighted by molar-refractivity contribution is 0.232. The van der Waals surface area contributed by atoms with Gasteiger partial charge < -0.3 is 10.2 Å². The van der Waals surface area contributed by atoms with Gasteiger partial charge in [0.2, 0.25) is 0 Å². The highest BCUT2D eigenvalue weighted by Crippen LogP contribution is 2.15. The van der Waals surface area contributed by atoms with Gasteiger partial charge in [-0.3, -0.25) is 0 Å². The van der Waals surface area contributed by atoms with Crippen LogP contribution >= 0.6 is 0 Å². The summed E-state index contributed by atoms with van der Waals surface area (Å²) in [5.74, 6) is 4.07. The lowest BCUT2D eigenvalue weighted by Gasteiger charge is -2.03. The molecule has 0 aliphatic rings. The summed E-state index contributed by atoms with van der Waals surface area (Å²) >= 11 is 0. The first-order chi connectivity index (χ1) is 6.25. The quantitative estimate of drug-likeness (QED) is 0.629. The first-order valence-corrected chi connectivity index (χ1v) is 3.77. The summed E-state index contributed by atoms with van der Waals surface area (Å²) in [6.45, 7) is -0.342. The molecule has 13 heavy (non-hydrogen) atoms. The molecule has 1 aromatic carbocycles. The van der Waals surface area contributed by atoms with Crippen molar-refractivity contribution >= 4 is 0 Å². The van der Waals surface area contributed by atoms with E-state index in [1.54, 1.807) is 6.07 Å². The van der Waals surface area contributed by atoms with Gasteiger partial charge in [0, 0.05) is 5.56 Å². The minimum Gasteiger partial charge on any atom is -0.384 e. The first kappa shape index (κ1) is 9.72. The predicted molar refractivity (Wildman–Crippen MR) is 46.2 cm³/mol. The molecule has 0 spiro atoms. The van der Waals surface area contributed by atoms with Crippen molar-refractivity contribution < 1.29 is 14.6 Å². The summed E-state index contributed by atoms with van der Waals surface area (Å²) in [5, 5.41) is 17.7. The highest BCUT2D eigenvalue weighted by atomic mass is 19.1. The van der Waals surface area contributed by atoms with Crippen molar-refractivity contribution in [2.75, 3.05) is 6.61 Å². The maximum Gasteiger partial charge on any atom is 0.143 e. The van der Waals surface area contributed by atoms with E-state index in [1.165, 1.54) is 18.2 Å². The lowest BCUT2D eigenvalue weighted by Crippen LogP contribution is -1.97. The Balaban J connectivity index is 2.88. The van der Waals surface area contributed by atoms with Crippen molar-refractivity contribution in [3.05, 3.63) is 35.6 Å². The molecule has 2 nitrogen and oxygen atoms in total. The van der Waals surface area contributed by atoms with Gasteiger partial charge >= 0.3 is 0 Å². The molecule has 68 valence electrons. The van der Waals surface area contributed by atoms with Gasteiger partial charge in [-0.25, -0.2) is 4.39 Å². The van der Waals surface area contributed by atoms with Crippen molar-refractivity contribution in [1.29, 1.82) is 0 Å². The highest BCUT2D eigenvalue weighted by Gasteiger charge is 2.07. The topological polar surface area (TPSA) is 40.5 Å². The molecular formula is C10H9FO2. The van der Waals surface area contributed by atoms with Gasteiger partial charge in [-0.2, -0.15) is 0 Å². The number of aliphatic hydroxyl groups excluding tert-OH is 2. The molecule has 0 fully saturated rings. The molecule has 3 heteroatoms. The van der Waals surface area contributed by atoms with E-state index < -0.39 is 11.9 Å². The number of hydrogen-bond acceptors (Lipinski definition) is 2. The molecule has 0 saturated carbocycles. The summed E-state index contributed by atoms with van der Waals surface area (Å²) in [6, 6.07) is 5.85. The molecule has 2 N–H and O–H groups in total. The van der Waals surface area contributed by atoms with Crippen LogP contribution in [-0.4, -0.2) is 16.8 Å². The van der Waals surface area contributed by atoms with Crippen LogP contribution in [-0.2, 0) is 0 Å². The van der Waals surface area contributed by atoms with Gasteiger partial charge in [0.15, 0.2) is 0 Å². The third-order valence-electron chi connectivity index (χ3n) is 1.52. The molecular weight excluding hydrogens is 171 g/mol. The van der Waals surface area contributed by atoms with Gasteiger partial charge in [-0.05, 0) is 6.07 Å². The van der Waals surface area contributed by atoms with E-state index in [2.05, 4.69) is 11.8 Å². The third-order valence-corrected chi connectivity index (χ3v) is 1.52. The van der Waals surface area contributed by atoms with E-state index in [0.717, 1.165) is 0 Å². The first-order valence-electron chi connectivity index (χ1n) is 3.77. The molecule has 1 unspecified atom stereocenters. The fourth-order valence-corrected chi connectivity index (χ4v) is 0.917. The fraction of sp³-hybridized carbons (Fsp3) is 0.200. The predicted octanol–water partition coefficient (Wildman–Crippen LogP) is 0.855. The lowest BCUT2D eigenvalue weighted by atomic mass is 10.1. The van der Waals surface area contributed by atoms with Crippen LogP contribution in [0.15, 0.2) is 24.3 Å². The number of benzene rings is 1. The smallest absolute Gasteiger partial charge is 0.143 e. The maximum absolute atomic E-state index is 13.0. The largest absolute Gasteiger partial charge is 0.384 e. The van der Waals surface area contributed by atoms with Crippen LogP contribution in [0.5, 0.6) is 0 Å². The Hall–Kier alpha value is -1.37. The van der Waals surface area contributed by atoms with Crippen molar-refractivity contribution in [3.8, 4) is 11.8 Å². The van der Waals surface area contributed by atoms with E-state index in [-0.39, 0.29) is 12.2 Å². The van der Waals surface area contributed by atoms with Crippen LogP contribution < -0.4 is 0 Å². The highest BCUT2D eigenvalue weighted by molar-refractivity contribution is 5.26. The van der Waals surface area contributed by atoms with Crippen LogP contribution in [0.25, 0.3) is 0 Å². The van der Waals surface area contributed by atoms with E-state index >= 15 is 0 Å². The van der Waals surface area contributed by atoms with Gasteiger partial charge in [0.25, 0.3) is 0 Å². The molecule has 1 atom stereocenters. The Morgan fingerprint density at radius 1 is 1.38 bits per heavy atom. The van der Waals surface area contributed by atoms with Gasteiger partial charge in [-0.1, -0.05) is 30.0 Å². The average Bonchev–Trinajstić information content (AvgIpc) is 2.15. The molecule has 0 aliphatic carbocycles. The molecule has 0 radical (unpaired) electrons. The molecule has 0 bridgehead atoms. The summed E-state index contributed by atoms with van der Waals surface area (Å²) in [7, 11) is 0. The minimum absolute atomic E-state index is 0.128.